The number of rotatable bonds is 6. The van der Waals surface area contributed by atoms with Crippen molar-refractivity contribution in [2.24, 2.45) is 0 Å². The quantitative estimate of drug-likeness (QED) is 0.751. The molecule has 0 aromatic heterocycles. The SMILES string of the molecule is CCCC(C)(C)NC(=O)N(C)C(CC)C(=O)O. The molecule has 100 valence electrons. The molecular weight excluding hydrogens is 220 g/mol. The van der Waals surface area contributed by atoms with Crippen molar-refractivity contribution in [3.8, 4) is 0 Å². The molecule has 2 N–H and O–H groups in total. The molecule has 0 aliphatic heterocycles. The summed E-state index contributed by atoms with van der Waals surface area (Å²) in [5.74, 6) is -0.974. The topological polar surface area (TPSA) is 69.6 Å². The Morgan fingerprint density at radius 3 is 2.24 bits per heavy atom. The zero-order valence-corrected chi connectivity index (χ0v) is 11.4. The Balaban J connectivity index is 4.55. The third kappa shape index (κ3) is 5.06. The third-order valence-electron chi connectivity index (χ3n) is 2.78. The van der Waals surface area contributed by atoms with Crippen LogP contribution in [0.2, 0.25) is 0 Å². The first-order chi connectivity index (χ1) is 7.75. The standard InChI is InChI=1S/C12H24N2O3/c1-6-8-12(3,4)13-11(17)14(5)9(7-2)10(15)16/h9H,6-8H2,1-5H3,(H,13,17)(H,15,16). The normalized spacial score (nSPS) is 13.0. The summed E-state index contributed by atoms with van der Waals surface area (Å²) in [5.41, 5.74) is -0.309. The number of likely N-dealkylation sites (N-methyl/N-ethyl adjacent to an activating group) is 1. The summed E-state index contributed by atoms with van der Waals surface area (Å²) in [5, 5.41) is 11.8. The average molecular weight is 244 g/mol. The van der Waals surface area contributed by atoms with Gasteiger partial charge in [-0.25, -0.2) is 9.59 Å². The number of carbonyl (C=O) groups is 2. The Labute approximate surface area is 103 Å². The van der Waals surface area contributed by atoms with Gasteiger partial charge in [-0.3, -0.25) is 0 Å². The highest BCUT2D eigenvalue weighted by atomic mass is 16.4. The number of carbonyl (C=O) groups excluding carboxylic acids is 1. The maximum Gasteiger partial charge on any atom is 0.326 e. The molecular formula is C12H24N2O3. The van der Waals surface area contributed by atoms with E-state index in [-0.39, 0.29) is 11.6 Å². The lowest BCUT2D eigenvalue weighted by molar-refractivity contribution is -0.141. The number of hydrogen-bond acceptors (Lipinski definition) is 2. The van der Waals surface area contributed by atoms with Gasteiger partial charge < -0.3 is 15.3 Å². The first kappa shape index (κ1) is 15.7. The molecule has 2 amide bonds. The second-order valence-corrected chi connectivity index (χ2v) is 4.94. The molecule has 0 aromatic rings. The molecule has 0 rings (SSSR count). The third-order valence-corrected chi connectivity index (χ3v) is 2.78. The van der Waals surface area contributed by atoms with E-state index >= 15 is 0 Å². The van der Waals surface area contributed by atoms with Crippen molar-refractivity contribution in [2.45, 2.75) is 58.5 Å². The highest BCUT2D eigenvalue weighted by Crippen LogP contribution is 2.12. The second kappa shape index (κ2) is 6.47. The molecule has 0 aliphatic carbocycles. The fourth-order valence-corrected chi connectivity index (χ4v) is 1.82. The maximum absolute atomic E-state index is 11.9. The van der Waals surface area contributed by atoms with Crippen molar-refractivity contribution < 1.29 is 14.7 Å². The van der Waals surface area contributed by atoms with Crippen molar-refractivity contribution in [1.29, 1.82) is 0 Å². The minimum atomic E-state index is -0.974. The van der Waals surface area contributed by atoms with Crippen molar-refractivity contribution >= 4 is 12.0 Å². The minimum absolute atomic E-state index is 0.309. The average Bonchev–Trinajstić information content (AvgIpc) is 2.16. The number of carboxylic acid groups (broad SMARTS) is 1. The Morgan fingerprint density at radius 1 is 1.35 bits per heavy atom. The number of urea groups is 1. The van der Waals surface area contributed by atoms with Crippen molar-refractivity contribution in [3.05, 3.63) is 0 Å². The molecule has 0 aromatic carbocycles. The van der Waals surface area contributed by atoms with Gasteiger partial charge >= 0.3 is 12.0 Å². The fraction of sp³-hybridized carbons (Fsp3) is 0.833. The Hall–Kier alpha value is -1.26. The molecule has 0 saturated carbocycles. The van der Waals surface area contributed by atoms with Crippen LogP contribution in [-0.2, 0) is 4.79 Å². The van der Waals surface area contributed by atoms with Crippen LogP contribution in [0.4, 0.5) is 4.79 Å². The van der Waals surface area contributed by atoms with Crippen LogP contribution in [0.3, 0.4) is 0 Å². The fourth-order valence-electron chi connectivity index (χ4n) is 1.82. The summed E-state index contributed by atoms with van der Waals surface area (Å²) in [6.45, 7) is 7.66. The van der Waals surface area contributed by atoms with Crippen LogP contribution < -0.4 is 5.32 Å². The summed E-state index contributed by atoms with van der Waals surface area (Å²) < 4.78 is 0. The monoisotopic (exact) mass is 244 g/mol. The Kier molecular flexibility index (Phi) is 5.99. The summed E-state index contributed by atoms with van der Waals surface area (Å²) in [6.07, 6.45) is 2.22. The number of nitrogens with zero attached hydrogens (tertiary/aromatic N) is 1. The first-order valence-corrected chi connectivity index (χ1v) is 6.03. The molecule has 5 heteroatoms. The van der Waals surface area contributed by atoms with Crippen molar-refractivity contribution in [3.63, 3.8) is 0 Å². The predicted octanol–water partition coefficient (Wildman–Crippen LogP) is 2.07. The zero-order chi connectivity index (χ0) is 13.6. The smallest absolute Gasteiger partial charge is 0.326 e. The number of carboxylic acids is 1. The molecule has 0 fully saturated rings. The second-order valence-electron chi connectivity index (χ2n) is 4.94. The van der Waals surface area contributed by atoms with E-state index in [9.17, 15) is 9.59 Å². The largest absolute Gasteiger partial charge is 0.480 e. The highest BCUT2D eigenvalue weighted by molar-refractivity contribution is 5.82. The Bertz CT molecular complexity index is 277. The van der Waals surface area contributed by atoms with Gasteiger partial charge in [0.25, 0.3) is 0 Å². The van der Waals surface area contributed by atoms with Crippen LogP contribution in [0.5, 0.6) is 0 Å². The molecule has 0 radical (unpaired) electrons. The molecule has 1 atom stereocenters. The van der Waals surface area contributed by atoms with Crippen LogP contribution in [0.15, 0.2) is 0 Å². The van der Waals surface area contributed by atoms with Crippen LogP contribution >= 0.6 is 0 Å². The lowest BCUT2D eigenvalue weighted by Crippen LogP contribution is -2.53. The number of nitrogens with one attached hydrogen (secondary N) is 1. The first-order valence-electron chi connectivity index (χ1n) is 6.03. The zero-order valence-electron chi connectivity index (χ0n) is 11.4. The molecule has 0 saturated heterocycles. The van der Waals surface area contributed by atoms with E-state index in [1.165, 1.54) is 11.9 Å². The van der Waals surface area contributed by atoms with Gasteiger partial charge in [0.2, 0.25) is 0 Å². The summed E-state index contributed by atoms with van der Waals surface area (Å²) in [7, 11) is 1.51. The summed E-state index contributed by atoms with van der Waals surface area (Å²) >= 11 is 0. The van der Waals surface area contributed by atoms with Gasteiger partial charge in [0.05, 0.1) is 0 Å². The molecule has 0 heterocycles. The van der Waals surface area contributed by atoms with Gasteiger partial charge in [-0.15, -0.1) is 0 Å². The molecule has 5 nitrogen and oxygen atoms in total. The number of hydrogen-bond donors (Lipinski definition) is 2. The van der Waals surface area contributed by atoms with E-state index in [2.05, 4.69) is 5.32 Å². The molecule has 0 aliphatic rings. The molecule has 17 heavy (non-hydrogen) atoms. The van der Waals surface area contributed by atoms with Crippen LogP contribution in [0.25, 0.3) is 0 Å². The van der Waals surface area contributed by atoms with Gasteiger partial charge in [0.1, 0.15) is 6.04 Å². The molecule has 0 bridgehead atoms. The van der Waals surface area contributed by atoms with E-state index in [1.807, 2.05) is 20.8 Å². The van der Waals surface area contributed by atoms with E-state index in [4.69, 9.17) is 5.11 Å². The van der Waals surface area contributed by atoms with Gasteiger partial charge in [0, 0.05) is 12.6 Å². The van der Waals surface area contributed by atoms with Crippen LogP contribution in [0, 0.1) is 0 Å². The van der Waals surface area contributed by atoms with E-state index in [0.29, 0.717) is 6.42 Å². The van der Waals surface area contributed by atoms with E-state index in [1.54, 1.807) is 6.92 Å². The lowest BCUT2D eigenvalue weighted by Gasteiger charge is -2.31. The summed E-state index contributed by atoms with van der Waals surface area (Å²) in [6, 6.07) is -1.11. The van der Waals surface area contributed by atoms with Gasteiger partial charge in [-0.05, 0) is 26.7 Å². The van der Waals surface area contributed by atoms with E-state index < -0.39 is 12.0 Å². The maximum atomic E-state index is 11.9. The van der Waals surface area contributed by atoms with Crippen LogP contribution in [0.1, 0.15) is 47.0 Å². The Morgan fingerprint density at radius 2 is 1.88 bits per heavy atom. The lowest BCUT2D eigenvalue weighted by atomic mass is 9.99. The van der Waals surface area contributed by atoms with Gasteiger partial charge in [0.15, 0.2) is 0 Å². The molecule has 1 unspecified atom stereocenters. The highest BCUT2D eigenvalue weighted by Gasteiger charge is 2.28. The number of aliphatic carboxylic acids is 1. The van der Waals surface area contributed by atoms with Crippen molar-refractivity contribution in [2.75, 3.05) is 7.05 Å². The van der Waals surface area contributed by atoms with Gasteiger partial charge in [-0.1, -0.05) is 20.3 Å². The molecule has 0 spiro atoms. The van der Waals surface area contributed by atoms with E-state index in [0.717, 1.165) is 12.8 Å². The minimum Gasteiger partial charge on any atom is -0.480 e. The predicted molar refractivity (Wildman–Crippen MR) is 67.0 cm³/mol. The van der Waals surface area contributed by atoms with Crippen LogP contribution in [-0.4, -0.2) is 40.6 Å². The number of amides is 2. The summed E-state index contributed by atoms with van der Waals surface area (Å²) in [4.78, 5) is 24.1. The van der Waals surface area contributed by atoms with Gasteiger partial charge in [-0.2, -0.15) is 0 Å². The van der Waals surface area contributed by atoms with Crippen molar-refractivity contribution in [1.82, 2.24) is 10.2 Å².